The van der Waals surface area contributed by atoms with E-state index < -0.39 is 23.9 Å². The lowest BCUT2D eigenvalue weighted by molar-refractivity contribution is -0.139. The molecule has 21 heavy (non-hydrogen) atoms. The van der Waals surface area contributed by atoms with Crippen LogP contribution in [0.3, 0.4) is 0 Å². The number of carbonyl (C=O) groups excluding carboxylic acids is 2. The van der Waals surface area contributed by atoms with Crippen LogP contribution in [0.25, 0.3) is 0 Å². The van der Waals surface area contributed by atoms with Crippen LogP contribution >= 0.6 is 0 Å². The van der Waals surface area contributed by atoms with Crippen molar-refractivity contribution in [2.75, 3.05) is 0 Å². The van der Waals surface area contributed by atoms with Gasteiger partial charge >= 0.3 is 12.0 Å². The molecule has 0 aliphatic carbocycles. The van der Waals surface area contributed by atoms with Gasteiger partial charge in [-0.3, -0.25) is 4.79 Å². The molecule has 5 N–H and O–H groups in total. The SMILES string of the molecule is Cc1ccccc1CNC(=O)N[C@@H](CCC(N)=O)C(=O)O. The number of hydrogen-bond acceptors (Lipinski definition) is 3. The van der Waals surface area contributed by atoms with Crippen LogP contribution in [-0.4, -0.2) is 29.1 Å². The highest BCUT2D eigenvalue weighted by molar-refractivity contribution is 5.83. The van der Waals surface area contributed by atoms with Crippen molar-refractivity contribution in [1.82, 2.24) is 10.6 Å². The van der Waals surface area contributed by atoms with E-state index >= 15 is 0 Å². The maximum atomic E-state index is 11.7. The van der Waals surface area contributed by atoms with Crippen molar-refractivity contribution in [2.45, 2.75) is 32.4 Å². The molecule has 0 saturated carbocycles. The van der Waals surface area contributed by atoms with E-state index in [0.29, 0.717) is 6.54 Å². The fourth-order valence-corrected chi connectivity index (χ4v) is 1.74. The highest BCUT2D eigenvalue weighted by Gasteiger charge is 2.20. The summed E-state index contributed by atoms with van der Waals surface area (Å²) < 4.78 is 0. The van der Waals surface area contributed by atoms with E-state index in [0.717, 1.165) is 11.1 Å². The predicted molar refractivity (Wildman–Crippen MR) is 76.4 cm³/mol. The fraction of sp³-hybridized carbons (Fsp3) is 0.357. The molecule has 0 saturated heterocycles. The average Bonchev–Trinajstić information content (AvgIpc) is 2.42. The van der Waals surface area contributed by atoms with Crippen molar-refractivity contribution in [2.24, 2.45) is 5.73 Å². The number of benzene rings is 1. The van der Waals surface area contributed by atoms with E-state index in [2.05, 4.69) is 10.6 Å². The average molecular weight is 293 g/mol. The van der Waals surface area contributed by atoms with Crippen molar-refractivity contribution in [3.05, 3.63) is 35.4 Å². The molecule has 0 aromatic heterocycles. The molecule has 1 aromatic rings. The highest BCUT2D eigenvalue weighted by Crippen LogP contribution is 2.06. The van der Waals surface area contributed by atoms with E-state index in [1.54, 1.807) is 0 Å². The summed E-state index contributed by atoms with van der Waals surface area (Å²) in [5, 5.41) is 13.9. The monoisotopic (exact) mass is 293 g/mol. The van der Waals surface area contributed by atoms with E-state index in [1.807, 2.05) is 31.2 Å². The van der Waals surface area contributed by atoms with Crippen molar-refractivity contribution in [3.63, 3.8) is 0 Å². The smallest absolute Gasteiger partial charge is 0.326 e. The van der Waals surface area contributed by atoms with E-state index in [4.69, 9.17) is 10.8 Å². The zero-order valence-electron chi connectivity index (χ0n) is 11.8. The van der Waals surface area contributed by atoms with Gasteiger partial charge in [-0.15, -0.1) is 0 Å². The molecular weight excluding hydrogens is 274 g/mol. The second-order valence-corrected chi connectivity index (χ2v) is 4.65. The Hall–Kier alpha value is -2.57. The first-order valence-corrected chi connectivity index (χ1v) is 6.50. The molecule has 1 rings (SSSR count). The summed E-state index contributed by atoms with van der Waals surface area (Å²) in [4.78, 5) is 33.3. The largest absolute Gasteiger partial charge is 0.480 e. The molecule has 0 fully saturated rings. The maximum Gasteiger partial charge on any atom is 0.326 e. The van der Waals surface area contributed by atoms with Crippen molar-refractivity contribution >= 4 is 17.9 Å². The van der Waals surface area contributed by atoms with Gasteiger partial charge in [-0.25, -0.2) is 9.59 Å². The normalized spacial score (nSPS) is 11.5. The second-order valence-electron chi connectivity index (χ2n) is 4.65. The Morgan fingerprint density at radius 1 is 1.29 bits per heavy atom. The molecule has 3 amide bonds. The minimum absolute atomic E-state index is 0.0392. The number of carbonyl (C=O) groups is 3. The lowest BCUT2D eigenvalue weighted by atomic mass is 10.1. The molecule has 0 aliphatic heterocycles. The first-order valence-electron chi connectivity index (χ1n) is 6.50. The minimum Gasteiger partial charge on any atom is -0.480 e. The van der Waals surface area contributed by atoms with Crippen molar-refractivity contribution < 1.29 is 19.5 Å². The predicted octanol–water partition coefficient (Wildman–Crippen LogP) is 0.513. The second kappa shape index (κ2) is 7.88. The van der Waals surface area contributed by atoms with Gasteiger partial charge in [0.2, 0.25) is 5.91 Å². The van der Waals surface area contributed by atoms with Gasteiger partial charge in [0.1, 0.15) is 6.04 Å². The lowest BCUT2D eigenvalue weighted by Crippen LogP contribution is -2.46. The highest BCUT2D eigenvalue weighted by atomic mass is 16.4. The quantitative estimate of drug-likeness (QED) is 0.585. The van der Waals surface area contributed by atoms with Crippen LogP contribution < -0.4 is 16.4 Å². The third kappa shape index (κ3) is 5.94. The van der Waals surface area contributed by atoms with Crippen molar-refractivity contribution in [3.8, 4) is 0 Å². The summed E-state index contributed by atoms with van der Waals surface area (Å²) in [6.07, 6.45) is -0.141. The number of primary amides is 1. The van der Waals surface area contributed by atoms with Crippen LogP contribution in [-0.2, 0) is 16.1 Å². The van der Waals surface area contributed by atoms with Gasteiger partial charge in [-0.2, -0.15) is 0 Å². The maximum absolute atomic E-state index is 11.7. The van der Waals surface area contributed by atoms with Gasteiger partial charge in [0.05, 0.1) is 0 Å². The van der Waals surface area contributed by atoms with Gasteiger partial charge in [0.15, 0.2) is 0 Å². The number of nitrogens with two attached hydrogens (primary N) is 1. The molecule has 0 radical (unpaired) electrons. The number of nitrogens with one attached hydrogen (secondary N) is 2. The summed E-state index contributed by atoms with van der Waals surface area (Å²) >= 11 is 0. The van der Waals surface area contributed by atoms with Crippen LogP contribution in [0.2, 0.25) is 0 Å². The molecule has 1 aromatic carbocycles. The first kappa shape index (κ1) is 16.5. The number of rotatable bonds is 7. The number of carboxylic acid groups (broad SMARTS) is 1. The van der Waals surface area contributed by atoms with E-state index in [9.17, 15) is 14.4 Å². The Morgan fingerprint density at radius 2 is 1.95 bits per heavy atom. The molecule has 0 aliphatic rings. The van der Waals surface area contributed by atoms with Gasteiger partial charge in [-0.1, -0.05) is 24.3 Å². The summed E-state index contributed by atoms with van der Waals surface area (Å²) in [5.41, 5.74) is 6.93. The fourth-order valence-electron chi connectivity index (χ4n) is 1.74. The first-order chi connectivity index (χ1) is 9.90. The number of amides is 3. The zero-order chi connectivity index (χ0) is 15.8. The molecule has 0 spiro atoms. The van der Waals surface area contributed by atoms with E-state index in [1.165, 1.54) is 0 Å². The van der Waals surface area contributed by atoms with Gasteiger partial charge in [-0.05, 0) is 24.5 Å². The summed E-state index contributed by atoms with van der Waals surface area (Å²) in [6, 6.07) is 5.79. The van der Waals surface area contributed by atoms with Crippen LogP contribution in [0.4, 0.5) is 4.79 Å². The molecule has 7 heteroatoms. The third-order valence-electron chi connectivity index (χ3n) is 2.98. The topological polar surface area (TPSA) is 122 Å². The summed E-state index contributed by atoms with van der Waals surface area (Å²) in [6.45, 7) is 2.21. The van der Waals surface area contributed by atoms with E-state index in [-0.39, 0.29) is 12.8 Å². The number of aliphatic carboxylic acids is 1. The molecule has 7 nitrogen and oxygen atoms in total. The number of carboxylic acids is 1. The van der Waals surface area contributed by atoms with Crippen LogP contribution in [0, 0.1) is 6.92 Å². The molecule has 0 unspecified atom stereocenters. The third-order valence-corrected chi connectivity index (χ3v) is 2.98. The van der Waals surface area contributed by atoms with Crippen LogP contribution in [0.15, 0.2) is 24.3 Å². The molecule has 1 atom stereocenters. The van der Waals surface area contributed by atoms with Gasteiger partial charge < -0.3 is 21.5 Å². The van der Waals surface area contributed by atoms with Gasteiger partial charge in [0, 0.05) is 13.0 Å². The Kier molecular flexibility index (Phi) is 6.19. The van der Waals surface area contributed by atoms with Crippen LogP contribution in [0.5, 0.6) is 0 Å². The molecular formula is C14H19N3O4. The zero-order valence-corrected chi connectivity index (χ0v) is 11.8. The van der Waals surface area contributed by atoms with Gasteiger partial charge in [0.25, 0.3) is 0 Å². The van der Waals surface area contributed by atoms with Crippen LogP contribution in [0.1, 0.15) is 24.0 Å². The molecule has 0 heterocycles. The summed E-state index contributed by atoms with van der Waals surface area (Å²) in [7, 11) is 0. The minimum atomic E-state index is -1.21. The number of aryl methyl sites for hydroxylation is 1. The lowest BCUT2D eigenvalue weighted by Gasteiger charge is -2.15. The Balaban J connectivity index is 2.49. The Labute approximate surface area is 122 Å². The van der Waals surface area contributed by atoms with Crippen molar-refractivity contribution in [1.29, 1.82) is 0 Å². The number of hydrogen-bond donors (Lipinski definition) is 4. The number of urea groups is 1. The molecule has 114 valence electrons. The Bertz CT molecular complexity index is 531. The summed E-state index contributed by atoms with van der Waals surface area (Å²) in [5.74, 6) is -1.81. The standard InChI is InChI=1S/C14H19N3O4/c1-9-4-2-3-5-10(9)8-16-14(21)17-11(13(19)20)6-7-12(15)18/h2-5,11H,6-8H2,1H3,(H2,15,18)(H,19,20)(H2,16,17,21)/t11-/m0/s1. The molecule has 0 bridgehead atoms. The Morgan fingerprint density at radius 3 is 2.52 bits per heavy atom.